The van der Waals surface area contributed by atoms with Gasteiger partial charge in [-0.2, -0.15) is 11.8 Å². The average molecular weight is 928 g/mol. The molecule has 0 radical (unpaired) electrons. The largest absolute Gasteiger partial charge is 0.462 e. The molecule has 1 fully saturated rings. The third kappa shape index (κ3) is 26.3. The number of hydrogen-bond donors (Lipinski definition) is 6. The van der Waals surface area contributed by atoms with E-state index in [-0.39, 0.29) is 61.2 Å². The molecule has 0 bridgehead atoms. The SMILES string of the molecule is CCCCCCCCCCC(=O)N[C@H](CSC[C@@H](COC(=O)CCCCCCCCCC)OC(=O)CCCCCCCCCC)C(=O)Nc1cn(C[C@H](O)C2OC(O)[C@@H](O)[C@@H]2O)nn1. The lowest BCUT2D eigenvalue weighted by molar-refractivity contribution is -0.157. The Morgan fingerprint density at radius 2 is 1.20 bits per heavy atom. The summed E-state index contributed by atoms with van der Waals surface area (Å²) in [7, 11) is 0. The number of hydrogen-bond acceptors (Lipinski definition) is 14. The van der Waals surface area contributed by atoms with Crippen molar-refractivity contribution < 1.29 is 53.8 Å². The van der Waals surface area contributed by atoms with Crippen molar-refractivity contribution in [1.29, 1.82) is 0 Å². The molecule has 1 aromatic heterocycles. The first-order chi connectivity index (χ1) is 31.0. The molecule has 1 aliphatic rings. The lowest BCUT2D eigenvalue weighted by Gasteiger charge is -2.21. The molecule has 64 heavy (non-hydrogen) atoms. The maximum absolute atomic E-state index is 13.7. The normalized spacial score (nSPS) is 18.7. The highest BCUT2D eigenvalue weighted by Crippen LogP contribution is 2.23. The van der Waals surface area contributed by atoms with E-state index in [9.17, 15) is 39.6 Å². The van der Waals surface area contributed by atoms with Gasteiger partial charge in [-0.15, -0.1) is 5.10 Å². The monoisotopic (exact) mass is 928 g/mol. The van der Waals surface area contributed by atoms with E-state index in [2.05, 4.69) is 41.7 Å². The van der Waals surface area contributed by atoms with Gasteiger partial charge in [0.05, 0.1) is 12.7 Å². The van der Waals surface area contributed by atoms with Crippen molar-refractivity contribution in [3.63, 3.8) is 0 Å². The molecule has 2 amide bonds. The van der Waals surface area contributed by atoms with Gasteiger partial charge >= 0.3 is 11.9 Å². The number of amides is 2. The predicted octanol–water partition coefficient (Wildman–Crippen LogP) is 7.28. The third-order valence-electron chi connectivity index (χ3n) is 11.5. The molecular weight excluding hydrogens is 843 g/mol. The van der Waals surface area contributed by atoms with Gasteiger partial charge in [-0.05, 0) is 19.3 Å². The van der Waals surface area contributed by atoms with Crippen LogP contribution in [0.4, 0.5) is 5.82 Å². The van der Waals surface area contributed by atoms with Crippen molar-refractivity contribution in [1.82, 2.24) is 20.3 Å². The number of carbonyl (C=O) groups excluding carboxylic acids is 4. The molecule has 1 aromatic rings. The van der Waals surface area contributed by atoms with Crippen LogP contribution in [-0.4, -0.2) is 120 Å². The van der Waals surface area contributed by atoms with Crippen LogP contribution in [0.15, 0.2) is 6.20 Å². The van der Waals surface area contributed by atoms with Crippen molar-refractivity contribution >= 4 is 41.3 Å². The molecule has 6 N–H and O–H groups in total. The number of aliphatic hydroxyl groups excluding tert-OH is 4. The summed E-state index contributed by atoms with van der Waals surface area (Å²) in [6, 6.07) is -1.01. The fourth-order valence-corrected chi connectivity index (χ4v) is 8.60. The molecule has 0 aromatic carbocycles. The van der Waals surface area contributed by atoms with E-state index < -0.39 is 48.8 Å². The maximum atomic E-state index is 13.7. The topological polar surface area (TPSA) is 232 Å². The Labute approximate surface area is 387 Å². The summed E-state index contributed by atoms with van der Waals surface area (Å²) < 4.78 is 17.7. The van der Waals surface area contributed by atoms with Crippen LogP contribution in [0.1, 0.15) is 194 Å². The zero-order valence-electron chi connectivity index (χ0n) is 39.4. The smallest absolute Gasteiger partial charge is 0.306 e. The average Bonchev–Trinajstić information content (AvgIpc) is 3.82. The summed E-state index contributed by atoms with van der Waals surface area (Å²) in [4.78, 5) is 52.6. The van der Waals surface area contributed by atoms with Crippen molar-refractivity contribution in [2.45, 2.75) is 244 Å². The number of rotatable bonds is 40. The summed E-state index contributed by atoms with van der Waals surface area (Å²) in [5.74, 6) is -1.17. The van der Waals surface area contributed by atoms with Crippen LogP contribution in [0.2, 0.25) is 0 Å². The molecule has 2 unspecified atom stereocenters. The molecule has 0 spiro atoms. The van der Waals surface area contributed by atoms with Gasteiger partial charge in [0.25, 0.3) is 0 Å². The van der Waals surface area contributed by atoms with Crippen LogP contribution in [0.25, 0.3) is 0 Å². The zero-order valence-corrected chi connectivity index (χ0v) is 40.3. The maximum Gasteiger partial charge on any atom is 0.306 e. The minimum atomic E-state index is -1.65. The van der Waals surface area contributed by atoms with Crippen LogP contribution < -0.4 is 10.6 Å². The second-order valence-electron chi connectivity index (χ2n) is 17.5. The van der Waals surface area contributed by atoms with E-state index in [0.29, 0.717) is 19.3 Å². The number of ether oxygens (including phenoxy) is 3. The van der Waals surface area contributed by atoms with E-state index in [0.717, 1.165) is 64.2 Å². The number of aliphatic hydroxyl groups is 4. The van der Waals surface area contributed by atoms with Crippen molar-refractivity contribution in [2.75, 3.05) is 23.4 Å². The second-order valence-corrected chi connectivity index (χ2v) is 18.6. The summed E-state index contributed by atoms with van der Waals surface area (Å²) in [5.41, 5.74) is 0. The molecule has 1 aliphatic heterocycles. The Hall–Kier alpha value is -2.83. The molecule has 0 saturated carbocycles. The molecule has 17 heteroatoms. The van der Waals surface area contributed by atoms with Crippen molar-refractivity contribution in [3.8, 4) is 0 Å². The first kappa shape index (κ1) is 57.3. The Bertz CT molecular complexity index is 1390. The fraction of sp³-hybridized carbons (Fsp3) is 0.872. The quantitative estimate of drug-likeness (QED) is 0.0281. The molecule has 0 aliphatic carbocycles. The summed E-state index contributed by atoms with van der Waals surface area (Å²) in [6.07, 6.45) is 20.1. The molecule has 16 nitrogen and oxygen atoms in total. The van der Waals surface area contributed by atoms with E-state index in [1.54, 1.807) is 0 Å². The lowest BCUT2D eigenvalue weighted by Crippen LogP contribution is -2.45. The van der Waals surface area contributed by atoms with Crippen LogP contribution in [0, 0.1) is 0 Å². The van der Waals surface area contributed by atoms with Gasteiger partial charge < -0.3 is 45.3 Å². The van der Waals surface area contributed by atoms with Crippen molar-refractivity contribution in [2.24, 2.45) is 0 Å². The number of thioether (sulfide) groups is 1. The second kappa shape index (κ2) is 36.3. The zero-order chi connectivity index (χ0) is 46.8. The van der Waals surface area contributed by atoms with E-state index in [4.69, 9.17) is 14.2 Å². The lowest BCUT2D eigenvalue weighted by atomic mass is 10.1. The first-order valence-corrected chi connectivity index (χ1v) is 25.9. The summed E-state index contributed by atoms with van der Waals surface area (Å²) in [6.45, 7) is 6.23. The Balaban J connectivity index is 2.03. The molecule has 7 atom stereocenters. The van der Waals surface area contributed by atoms with Gasteiger partial charge in [0.1, 0.15) is 43.2 Å². The van der Waals surface area contributed by atoms with E-state index in [1.807, 2.05) is 0 Å². The van der Waals surface area contributed by atoms with Crippen LogP contribution in [0.5, 0.6) is 0 Å². The first-order valence-electron chi connectivity index (χ1n) is 24.8. The fourth-order valence-electron chi connectivity index (χ4n) is 7.57. The number of nitrogens with one attached hydrogen (secondary N) is 2. The van der Waals surface area contributed by atoms with Gasteiger partial charge in [0.2, 0.25) is 11.8 Å². The van der Waals surface area contributed by atoms with Crippen LogP contribution in [0.3, 0.4) is 0 Å². The van der Waals surface area contributed by atoms with Crippen LogP contribution >= 0.6 is 11.8 Å². The third-order valence-corrected chi connectivity index (χ3v) is 12.7. The Morgan fingerprint density at radius 3 is 1.72 bits per heavy atom. The van der Waals surface area contributed by atoms with Gasteiger partial charge in [-0.25, -0.2) is 4.68 Å². The number of carbonyl (C=O) groups is 4. The van der Waals surface area contributed by atoms with Gasteiger partial charge in [-0.1, -0.05) is 161 Å². The number of aromatic nitrogens is 3. The van der Waals surface area contributed by atoms with Gasteiger partial charge in [0, 0.05) is 30.8 Å². The molecule has 370 valence electrons. The number of unbranched alkanes of at least 4 members (excludes halogenated alkanes) is 21. The Kier molecular flexibility index (Phi) is 32.5. The number of nitrogens with zero attached hydrogens (tertiary/aromatic N) is 3. The molecular formula is C47H85N5O11S. The highest BCUT2D eigenvalue weighted by Gasteiger charge is 2.45. The summed E-state index contributed by atoms with van der Waals surface area (Å²) >= 11 is 1.29. The van der Waals surface area contributed by atoms with E-state index >= 15 is 0 Å². The standard InChI is InChI=1S/C47H85N5O11S/c1-4-7-10-13-16-19-22-25-28-40(54)48-37(46(59)49-39-32-52(51-50-39)31-38(53)45-43(57)44(58)47(60)63-45)35-64-34-36(62-42(56)30-27-24-21-18-15-12-9-6-3)33-61-41(55)29-26-23-20-17-14-11-8-5-2/h32,36-38,43-45,47,53,57-58,60H,4-31,33-35H2,1-3H3,(H,48,54)(H,49,59)/t36-,37-,38+,43+,44+,45?,47?/m1/s1. The van der Waals surface area contributed by atoms with E-state index in [1.165, 1.54) is 99.7 Å². The Morgan fingerprint density at radius 1 is 0.703 bits per heavy atom. The highest BCUT2D eigenvalue weighted by molar-refractivity contribution is 7.99. The minimum Gasteiger partial charge on any atom is -0.462 e. The number of esters is 2. The van der Waals surface area contributed by atoms with Gasteiger partial charge in [0.15, 0.2) is 12.1 Å². The summed E-state index contributed by atoms with van der Waals surface area (Å²) in [5, 5.41) is 53.7. The predicted molar refractivity (Wildman–Crippen MR) is 249 cm³/mol. The van der Waals surface area contributed by atoms with Crippen LogP contribution in [-0.2, 0) is 39.9 Å². The van der Waals surface area contributed by atoms with Gasteiger partial charge in [-0.3, -0.25) is 19.2 Å². The number of anilines is 1. The minimum absolute atomic E-state index is 0.0358. The highest BCUT2D eigenvalue weighted by atomic mass is 32.2. The molecule has 2 rings (SSSR count). The van der Waals surface area contributed by atoms with Crippen molar-refractivity contribution in [3.05, 3.63) is 6.20 Å². The molecule has 2 heterocycles. The molecule has 1 saturated heterocycles.